The van der Waals surface area contributed by atoms with E-state index >= 15 is 0 Å². The summed E-state index contributed by atoms with van der Waals surface area (Å²) in [4.78, 5) is 0. The third kappa shape index (κ3) is 1.05. The summed E-state index contributed by atoms with van der Waals surface area (Å²) in [5.41, 5.74) is 0. The van der Waals surface area contributed by atoms with Gasteiger partial charge in [0.2, 0.25) is 0 Å². The van der Waals surface area contributed by atoms with Gasteiger partial charge >= 0.3 is 0 Å². The average molecular weight is 145 g/mol. The van der Waals surface area contributed by atoms with Crippen molar-refractivity contribution in [2.24, 2.45) is 0 Å². The highest BCUT2D eigenvalue weighted by molar-refractivity contribution is 5.83. The van der Waals surface area contributed by atoms with Crippen molar-refractivity contribution in [3.8, 4) is 5.75 Å². The Kier molecular flexibility index (Phi) is 1.07. The summed E-state index contributed by atoms with van der Waals surface area (Å²) in [6, 6.07) is 11.1. The van der Waals surface area contributed by atoms with Crippen LogP contribution in [0.1, 0.15) is 1.37 Å². The molecule has 0 fully saturated rings. The van der Waals surface area contributed by atoms with Crippen LogP contribution < -0.4 is 0 Å². The van der Waals surface area contributed by atoms with Crippen molar-refractivity contribution in [3.05, 3.63) is 42.4 Å². The Hall–Kier alpha value is -1.50. The van der Waals surface area contributed by atoms with E-state index in [0.29, 0.717) is 0 Å². The molecule has 0 aliphatic heterocycles. The Morgan fingerprint density at radius 1 is 1.00 bits per heavy atom. The molecule has 2 aromatic rings. The first kappa shape index (κ1) is 5.19. The van der Waals surface area contributed by atoms with Gasteiger partial charge in [-0.15, -0.1) is 0 Å². The molecule has 1 nitrogen and oxygen atoms in total. The molecule has 0 heterocycles. The lowest BCUT2D eigenvalue weighted by atomic mass is 10.1. The van der Waals surface area contributed by atoms with Crippen molar-refractivity contribution < 1.29 is 6.48 Å². The predicted octanol–water partition coefficient (Wildman–Crippen LogP) is 2.55. The first-order chi connectivity index (χ1) is 5.79. The second kappa shape index (κ2) is 2.27. The molecule has 0 spiro atoms. The minimum absolute atomic E-state index is 0.0358. The lowest BCUT2D eigenvalue weighted by molar-refractivity contribution is 0.476. The summed E-state index contributed by atoms with van der Waals surface area (Å²) in [5, 5.41) is 11.0. The standard InChI is InChI=1S/C10H8O/c11-10-6-5-8-3-1-2-4-9(8)7-10/h1-7,11H/i7D. The van der Waals surface area contributed by atoms with Crippen molar-refractivity contribution in [2.75, 3.05) is 0 Å². The molecule has 0 atom stereocenters. The lowest BCUT2D eigenvalue weighted by Crippen LogP contribution is -1.69. The van der Waals surface area contributed by atoms with Crippen molar-refractivity contribution in [2.45, 2.75) is 0 Å². The van der Waals surface area contributed by atoms with Gasteiger partial charge in [-0.3, -0.25) is 0 Å². The maximum absolute atomic E-state index is 9.23. The summed E-state index contributed by atoms with van der Waals surface area (Å²) in [6.07, 6.45) is 0. The Labute approximate surface area is 66.3 Å². The first-order valence-corrected chi connectivity index (χ1v) is 3.46. The smallest absolute Gasteiger partial charge is 0.116 e. The third-order valence-corrected chi connectivity index (χ3v) is 1.64. The number of hydrogen-bond donors (Lipinski definition) is 1. The van der Waals surface area contributed by atoms with Crippen LogP contribution in [0.5, 0.6) is 5.75 Å². The number of fused-ring (bicyclic) bond motifs is 1. The zero-order valence-corrected chi connectivity index (χ0v) is 5.91. The molecule has 0 amide bonds. The van der Waals surface area contributed by atoms with E-state index in [1.165, 1.54) is 0 Å². The van der Waals surface area contributed by atoms with Crippen molar-refractivity contribution in [3.63, 3.8) is 0 Å². The van der Waals surface area contributed by atoms with Gasteiger partial charge in [-0.1, -0.05) is 30.3 Å². The van der Waals surface area contributed by atoms with Gasteiger partial charge in [0.05, 0.1) is 1.37 Å². The Morgan fingerprint density at radius 2 is 1.73 bits per heavy atom. The summed E-state index contributed by atoms with van der Waals surface area (Å²) in [5.74, 6) is 0.0358. The van der Waals surface area contributed by atoms with Crippen LogP contribution in [-0.4, -0.2) is 5.11 Å². The van der Waals surface area contributed by atoms with E-state index in [2.05, 4.69) is 0 Å². The highest BCUT2D eigenvalue weighted by Crippen LogP contribution is 2.18. The molecule has 54 valence electrons. The number of benzene rings is 2. The van der Waals surface area contributed by atoms with Crippen LogP contribution in [0.4, 0.5) is 0 Å². The van der Waals surface area contributed by atoms with Crippen LogP contribution in [0, 0.1) is 0 Å². The highest BCUT2D eigenvalue weighted by Gasteiger charge is 1.91. The van der Waals surface area contributed by atoms with E-state index in [4.69, 9.17) is 1.37 Å². The van der Waals surface area contributed by atoms with E-state index in [9.17, 15) is 5.11 Å². The van der Waals surface area contributed by atoms with Gasteiger partial charge in [-0.05, 0) is 22.9 Å². The largest absolute Gasteiger partial charge is 0.508 e. The Bertz CT molecular complexity index is 423. The van der Waals surface area contributed by atoms with E-state index in [0.717, 1.165) is 10.8 Å². The molecule has 0 radical (unpaired) electrons. The molecule has 0 unspecified atom stereocenters. The highest BCUT2D eigenvalue weighted by atomic mass is 16.3. The second-order valence-electron chi connectivity index (χ2n) is 2.43. The second-order valence-corrected chi connectivity index (χ2v) is 2.43. The van der Waals surface area contributed by atoms with Gasteiger partial charge in [0.1, 0.15) is 5.75 Å². The molecule has 0 aliphatic carbocycles. The summed E-state index contributed by atoms with van der Waals surface area (Å²) in [7, 11) is 0. The lowest BCUT2D eigenvalue weighted by Gasteiger charge is -1.96. The minimum atomic E-state index is 0.0358. The monoisotopic (exact) mass is 145 g/mol. The van der Waals surface area contributed by atoms with Crippen LogP contribution in [0.3, 0.4) is 0 Å². The maximum Gasteiger partial charge on any atom is 0.116 e. The number of phenolic OH excluding ortho intramolecular Hbond substituents is 1. The quantitative estimate of drug-likeness (QED) is 0.604. The number of aromatic hydroxyl groups is 1. The van der Waals surface area contributed by atoms with Gasteiger partial charge < -0.3 is 5.11 Å². The number of phenols is 1. The molecule has 2 rings (SSSR count). The van der Waals surface area contributed by atoms with Gasteiger partial charge in [-0.2, -0.15) is 0 Å². The molecule has 0 saturated heterocycles. The zero-order valence-electron chi connectivity index (χ0n) is 6.91. The number of hydrogen-bond acceptors (Lipinski definition) is 1. The van der Waals surface area contributed by atoms with Crippen LogP contribution in [0.25, 0.3) is 10.8 Å². The zero-order chi connectivity index (χ0) is 8.55. The summed E-state index contributed by atoms with van der Waals surface area (Å²) >= 11 is 0. The van der Waals surface area contributed by atoms with Crippen LogP contribution in [0.15, 0.2) is 42.4 Å². The first-order valence-electron chi connectivity index (χ1n) is 3.96. The molecular weight excluding hydrogens is 136 g/mol. The SMILES string of the molecule is [2H]c1c(O)ccc2ccccc12. The van der Waals surface area contributed by atoms with E-state index in [1.54, 1.807) is 6.07 Å². The fraction of sp³-hybridized carbons (Fsp3) is 0. The number of rotatable bonds is 0. The fourth-order valence-corrected chi connectivity index (χ4v) is 1.10. The Balaban J connectivity index is 2.91. The van der Waals surface area contributed by atoms with E-state index < -0.39 is 0 Å². The summed E-state index contributed by atoms with van der Waals surface area (Å²) in [6.45, 7) is 0. The Morgan fingerprint density at radius 3 is 2.55 bits per heavy atom. The molecule has 0 saturated carbocycles. The topological polar surface area (TPSA) is 20.2 Å². The van der Waals surface area contributed by atoms with Crippen LogP contribution in [0.2, 0.25) is 0 Å². The van der Waals surface area contributed by atoms with E-state index in [1.807, 2.05) is 30.3 Å². The van der Waals surface area contributed by atoms with Crippen molar-refractivity contribution in [1.29, 1.82) is 0 Å². The van der Waals surface area contributed by atoms with Crippen molar-refractivity contribution in [1.82, 2.24) is 0 Å². The molecule has 2 aromatic carbocycles. The molecular formula is C10H8O. The average Bonchev–Trinajstić information content (AvgIpc) is 2.12. The third-order valence-electron chi connectivity index (χ3n) is 1.64. The molecule has 11 heavy (non-hydrogen) atoms. The molecule has 1 N–H and O–H groups in total. The maximum atomic E-state index is 9.23. The van der Waals surface area contributed by atoms with Gasteiger partial charge in [0, 0.05) is 0 Å². The van der Waals surface area contributed by atoms with Gasteiger partial charge in [0.25, 0.3) is 0 Å². The van der Waals surface area contributed by atoms with Gasteiger partial charge in [-0.25, -0.2) is 0 Å². The van der Waals surface area contributed by atoms with Crippen LogP contribution >= 0.6 is 0 Å². The predicted molar refractivity (Wildman–Crippen MR) is 45.6 cm³/mol. The minimum Gasteiger partial charge on any atom is -0.508 e. The fourth-order valence-electron chi connectivity index (χ4n) is 1.10. The van der Waals surface area contributed by atoms with Crippen molar-refractivity contribution >= 4 is 10.8 Å². The molecule has 0 bridgehead atoms. The normalized spacial score (nSPS) is 11.5. The molecule has 0 aromatic heterocycles. The van der Waals surface area contributed by atoms with E-state index in [-0.39, 0.29) is 11.8 Å². The van der Waals surface area contributed by atoms with Gasteiger partial charge in [0.15, 0.2) is 0 Å². The summed E-state index contributed by atoms with van der Waals surface area (Å²) < 4.78 is 7.54. The molecule has 1 heteroatoms. The van der Waals surface area contributed by atoms with Crippen LogP contribution in [-0.2, 0) is 0 Å². The molecule has 0 aliphatic rings.